The van der Waals surface area contributed by atoms with Crippen molar-refractivity contribution in [1.82, 2.24) is 5.32 Å². The van der Waals surface area contributed by atoms with Gasteiger partial charge >= 0.3 is 5.97 Å². The monoisotopic (exact) mass is 231 g/mol. The van der Waals surface area contributed by atoms with Crippen molar-refractivity contribution in [3.63, 3.8) is 0 Å². The largest absolute Gasteiger partial charge is 0.469 e. The van der Waals surface area contributed by atoms with Gasteiger partial charge in [0.15, 0.2) is 0 Å². The summed E-state index contributed by atoms with van der Waals surface area (Å²) in [7, 11) is 1.41. The Labute approximate surface area is 98.4 Å². The fourth-order valence-corrected chi connectivity index (χ4v) is 1.44. The van der Waals surface area contributed by atoms with Gasteiger partial charge in [0.2, 0.25) is 0 Å². The van der Waals surface area contributed by atoms with E-state index in [1.807, 2.05) is 20.8 Å². The highest BCUT2D eigenvalue weighted by molar-refractivity contribution is 5.72. The van der Waals surface area contributed by atoms with Crippen molar-refractivity contribution in [2.45, 2.75) is 39.7 Å². The zero-order valence-corrected chi connectivity index (χ0v) is 10.8. The number of carbonyl (C=O) groups is 1. The molecule has 0 rings (SSSR count). The average molecular weight is 231 g/mol. The Morgan fingerprint density at radius 2 is 2.00 bits per heavy atom. The molecule has 0 aliphatic rings. The quantitative estimate of drug-likeness (QED) is 0.486. The number of ether oxygens (including phenoxy) is 1. The molecule has 0 fully saturated rings. The fourth-order valence-electron chi connectivity index (χ4n) is 1.44. The molecule has 0 radical (unpaired) electrons. The van der Waals surface area contributed by atoms with E-state index in [-0.39, 0.29) is 24.5 Å². The molecule has 0 aromatic carbocycles. The molecule has 2 N–H and O–H groups in total. The van der Waals surface area contributed by atoms with Crippen LogP contribution in [0.25, 0.3) is 0 Å². The fraction of sp³-hybridized carbons (Fsp3) is 0.917. The predicted octanol–water partition coefficient (Wildman–Crippen LogP) is 1.18. The highest BCUT2D eigenvalue weighted by atomic mass is 16.5. The predicted molar refractivity (Wildman–Crippen MR) is 64.1 cm³/mol. The smallest absolute Gasteiger partial charge is 0.309 e. The summed E-state index contributed by atoms with van der Waals surface area (Å²) < 4.78 is 4.68. The number of nitrogens with one attached hydrogen (secondary N) is 1. The number of rotatable bonds is 8. The first-order valence-electron chi connectivity index (χ1n) is 5.95. The molecule has 16 heavy (non-hydrogen) atoms. The van der Waals surface area contributed by atoms with E-state index in [9.17, 15) is 4.79 Å². The lowest BCUT2D eigenvalue weighted by Gasteiger charge is -2.19. The zero-order valence-electron chi connectivity index (χ0n) is 10.8. The summed E-state index contributed by atoms with van der Waals surface area (Å²) in [5.74, 6) is 0.0547. The van der Waals surface area contributed by atoms with Crippen molar-refractivity contribution in [2.75, 3.05) is 20.3 Å². The number of aliphatic hydroxyl groups is 1. The van der Waals surface area contributed by atoms with Crippen LogP contribution in [0.3, 0.4) is 0 Å². The van der Waals surface area contributed by atoms with Crippen molar-refractivity contribution < 1.29 is 14.6 Å². The number of hydrogen-bond donors (Lipinski definition) is 2. The van der Waals surface area contributed by atoms with E-state index in [0.717, 1.165) is 19.4 Å². The number of methoxy groups -OCH3 is 1. The Hall–Kier alpha value is -0.610. The van der Waals surface area contributed by atoms with Gasteiger partial charge in [-0.2, -0.15) is 0 Å². The molecule has 0 spiro atoms. The zero-order chi connectivity index (χ0) is 12.6. The maximum Gasteiger partial charge on any atom is 0.309 e. The Kier molecular flexibility index (Phi) is 8.21. The summed E-state index contributed by atoms with van der Waals surface area (Å²) in [6.07, 6.45) is 2.02. The van der Waals surface area contributed by atoms with Gasteiger partial charge in [-0.05, 0) is 32.2 Å². The molecule has 0 aromatic heterocycles. The van der Waals surface area contributed by atoms with Crippen LogP contribution in [0.2, 0.25) is 0 Å². The lowest BCUT2D eigenvalue weighted by Crippen LogP contribution is -2.37. The van der Waals surface area contributed by atoms with Crippen molar-refractivity contribution in [3.05, 3.63) is 0 Å². The van der Waals surface area contributed by atoms with Crippen LogP contribution in [0.1, 0.15) is 33.6 Å². The first-order chi connectivity index (χ1) is 7.52. The summed E-state index contributed by atoms with van der Waals surface area (Å²) in [4.78, 5) is 11.2. The molecule has 0 aliphatic heterocycles. The molecule has 0 bridgehead atoms. The summed E-state index contributed by atoms with van der Waals surface area (Å²) in [6.45, 7) is 6.98. The third kappa shape index (κ3) is 6.08. The Bertz CT molecular complexity index is 197. The molecule has 0 saturated heterocycles. The van der Waals surface area contributed by atoms with Gasteiger partial charge in [-0.1, -0.05) is 13.8 Å². The van der Waals surface area contributed by atoms with E-state index in [1.165, 1.54) is 7.11 Å². The van der Waals surface area contributed by atoms with Gasteiger partial charge in [-0.25, -0.2) is 0 Å². The Balaban J connectivity index is 3.64. The van der Waals surface area contributed by atoms with Crippen molar-refractivity contribution in [1.29, 1.82) is 0 Å². The molecule has 0 saturated carbocycles. The highest BCUT2D eigenvalue weighted by Crippen LogP contribution is 2.06. The summed E-state index contributed by atoms with van der Waals surface area (Å²) in [5.41, 5.74) is 0. The second kappa shape index (κ2) is 8.53. The lowest BCUT2D eigenvalue weighted by molar-refractivity contribution is -0.145. The number of carbonyl (C=O) groups excluding carboxylic acids is 1. The van der Waals surface area contributed by atoms with Crippen LogP contribution in [-0.2, 0) is 9.53 Å². The first kappa shape index (κ1) is 15.4. The molecule has 0 aliphatic carbocycles. The molecule has 3 atom stereocenters. The maximum atomic E-state index is 11.2. The van der Waals surface area contributed by atoms with E-state index in [2.05, 4.69) is 10.1 Å². The summed E-state index contributed by atoms with van der Waals surface area (Å²) >= 11 is 0. The lowest BCUT2D eigenvalue weighted by atomic mass is 10.0. The standard InChI is InChI=1S/C12H25NO3/c1-9(8-14)6-5-7-13-11(3)10(2)12(15)16-4/h9-11,13-14H,5-8H2,1-4H3. The Morgan fingerprint density at radius 3 is 2.50 bits per heavy atom. The number of hydrogen-bond acceptors (Lipinski definition) is 4. The third-order valence-electron chi connectivity index (χ3n) is 2.97. The number of aliphatic hydroxyl groups excluding tert-OH is 1. The minimum Gasteiger partial charge on any atom is -0.469 e. The van der Waals surface area contributed by atoms with Crippen LogP contribution >= 0.6 is 0 Å². The van der Waals surface area contributed by atoms with Gasteiger partial charge in [0, 0.05) is 12.6 Å². The van der Waals surface area contributed by atoms with Crippen molar-refractivity contribution in [2.24, 2.45) is 11.8 Å². The van der Waals surface area contributed by atoms with Gasteiger partial charge in [0.25, 0.3) is 0 Å². The molecule has 0 heterocycles. The van der Waals surface area contributed by atoms with E-state index in [0.29, 0.717) is 5.92 Å². The molecule has 0 aromatic rings. The molecule has 96 valence electrons. The van der Waals surface area contributed by atoms with Crippen molar-refractivity contribution >= 4 is 5.97 Å². The first-order valence-corrected chi connectivity index (χ1v) is 5.95. The van der Waals surface area contributed by atoms with E-state index in [4.69, 9.17) is 5.11 Å². The second-order valence-electron chi connectivity index (χ2n) is 4.48. The third-order valence-corrected chi connectivity index (χ3v) is 2.97. The maximum absolute atomic E-state index is 11.2. The molecular formula is C12H25NO3. The normalized spacial score (nSPS) is 16.6. The van der Waals surface area contributed by atoms with E-state index in [1.54, 1.807) is 0 Å². The molecule has 4 nitrogen and oxygen atoms in total. The molecule has 0 amide bonds. The van der Waals surface area contributed by atoms with Gasteiger partial charge in [-0.15, -0.1) is 0 Å². The average Bonchev–Trinajstić information content (AvgIpc) is 2.31. The molecular weight excluding hydrogens is 206 g/mol. The van der Waals surface area contributed by atoms with Crippen LogP contribution in [0.4, 0.5) is 0 Å². The topological polar surface area (TPSA) is 58.6 Å². The minimum atomic E-state index is -0.177. The highest BCUT2D eigenvalue weighted by Gasteiger charge is 2.19. The van der Waals surface area contributed by atoms with Crippen LogP contribution < -0.4 is 5.32 Å². The van der Waals surface area contributed by atoms with Gasteiger partial charge in [0.05, 0.1) is 13.0 Å². The summed E-state index contributed by atoms with van der Waals surface area (Å²) in [5, 5.41) is 12.1. The van der Waals surface area contributed by atoms with Crippen LogP contribution in [0.15, 0.2) is 0 Å². The minimum absolute atomic E-state index is 0.122. The summed E-state index contributed by atoms with van der Waals surface area (Å²) in [6, 6.07) is 0.122. The van der Waals surface area contributed by atoms with Crippen LogP contribution in [0, 0.1) is 11.8 Å². The van der Waals surface area contributed by atoms with E-state index >= 15 is 0 Å². The van der Waals surface area contributed by atoms with Gasteiger partial charge in [-0.3, -0.25) is 4.79 Å². The van der Waals surface area contributed by atoms with Gasteiger partial charge < -0.3 is 15.2 Å². The number of esters is 1. The molecule has 3 unspecified atom stereocenters. The second-order valence-corrected chi connectivity index (χ2v) is 4.48. The van der Waals surface area contributed by atoms with Gasteiger partial charge in [0.1, 0.15) is 0 Å². The molecule has 4 heteroatoms. The Morgan fingerprint density at radius 1 is 1.38 bits per heavy atom. The van der Waals surface area contributed by atoms with E-state index < -0.39 is 0 Å². The van der Waals surface area contributed by atoms with Crippen LogP contribution in [0.5, 0.6) is 0 Å². The van der Waals surface area contributed by atoms with Crippen molar-refractivity contribution in [3.8, 4) is 0 Å². The van der Waals surface area contributed by atoms with Crippen LogP contribution in [-0.4, -0.2) is 37.4 Å². The SMILES string of the molecule is COC(=O)C(C)C(C)NCCCC(C)CO.